The minimum atomic E-state index is -0.233. The van der Waals surface area contributed by atoms with Crippen LogP contribution in [-0.2, 0) is 12.3 Å². The average Bonchev–Trinajstić information content (AvgIpc) is 3.07. The monoisotopic (exact) mass is 400 g/mol. The SMILES string of the molecule is Fc1ccc(CSc2nnc3c4ccccc4n(Cc4ccccc4)c3n2)cc1. The molecule has 0 fully saturated rings. The lowest BCUT2D eigenvalue weighted by Gasteiger charge is -2.07. The van der Waals surface area contributed by atoms with Crippen molar-refractivity contribution < 1.29 is 4.39 Å². The second-order valence-electron chi connectivity index (χ2n) is 6.77. The predicted molar refractivity (Wildman–Crippen MR) is 114 cm³/mol. The first-order chi connectivity index (χ1) is 14.3. The smallest absolute Gasteiger partial charge is 0.211 e. The molecule has 0 aliphatic heterocycles. The number of halogens is 1. The maximum absolute atomic E-state index is 13.1. The van der Waals surface area contributed by atoms with Crippen LogP contribution in [0.3, 0.4) is 0 Å². The molecule has 0 aliphatic carbocycles. The van der Waals surface area contributed by atoms with Crippen LogP contribution in [0.2, 0.25) is 0 Å². The average molecular weight is 400 g/mol. The fraction of sp³-hybridized carbons (Fsp3) is 0.0870. The summed E-state index contributed by atoms with van der Waals surface area (Å²) in [5, 5.41) is 10.5. The van der Waals surface area contributed by atoms with Gasteiger partial charge in [-0.1, -0.05) is 72.4 Å². The van der Waals surface area contributed by atoms with E-state index in [9.17, 15) is 4.39 Å². The van der Waals surface area contributed by atoms with E-state index in [1.54, 1.807) is 12.1 Å². The largest absolute Gasteiger partial charge is 0.319 e. The van der Waals surface area contributed by atoms with E-state index in [1.165, 1.54) is 29.5 Å². The Morgan fingerprint density at radius 1 is 0.793 bits per heavy atom. The first-order valence-electron chi connectivity index (χ1n) is 9.31. The third kappa shape index (κ3) is 3.59. The van der Waals surface area contributed by atoms with Crippen molar-refractivity contribution in [1.29, 1.82) is 0 Å². The lowest BCUT2D eigenvalue weighted by atomic mass is 10.2. The number of hydrogen-bond donors (Lipinski definition) is 0. The van der Waals surface area contributed by atoms with Gasteiger partial charge in [-0.3, -0.25) is 0 Å². The van der Waals surface area contributed by atoms with Gasteiger partial charge in [-0.15, -0.1) is 10.2 Å². The molecule has 0 spiro atoms. The molecule has 4 nitrogen and oxygen atoms in total. The molecular weight excluding hydrogens is 383 g/mol. The highest BCUT2D eigenvalue weighted by Crippen LogP contribution is 2.28. The molecule has 0 aliphatic rings. The highest BCUT2D eigenvalue weighted by molar-refractivity contribution is 7.98. The molecular formula is C23H17FN4S. The zero-order valence-electron chi connectivity index (χ0n) is 15.5. The molecule has 0 atom stereocenters. The van der Waals surface area contributed by atoms with Crippen LogP contribution in [0.5, 0.6) is 0 Å². The molecule has 2 aromatic heterocycles. The minimum absolute atomic E-state index is 0.233. The van der Waals surface area contributed by atoms with Gasteiger partial charge in [0.05, 0.1) is 5.52 Å². The summed E-state index contributed by atoms with van der Waals surface area (Å²) in [6, 6.07) is 25.0. The number of hydrogen-bond acceptors (Lipinski definition) is 4. The Bertz CT molecular complexity index is 1280. The normalized spacial score (nSPS) is 11.3. The first kappa shape index (κ1) is 17.8. The van der Waals surface area contributed by atoms with Gasteiger partial charge in [0.2, 0.25) is 5.16 Å². The van der Waals surface area contributed by atoms with E-state index < -0.39 is 0 Å². The summed E-state index contributed by atoms with van der Waals surface area (Å²) in [6.45, 7) is 0.714. The minimum Gasteiger partial charge on any atom is -0.319 e. The fourth-order valence-corrected chi connectivity index (χ4v) is 4.14. The second kappa shape index (κ2) is 7.64. The van der Waals surface area contributed by atoms with Crippen molar-refractivity contribution >= 4 is 33.8 Å². The van der Waals surface area contributed by atoms with Crippen molar-refractivity contribution in [2.45, 2.75) is 17.5 Å². The number of benzene rings is 3. The summed E-state index contributed by atoms with van der Waals surface area (Å²) < 4.78 is 15.3. The second-order valence-corrected chi connectivity index (χ2v) is 7.71. The van der Waals surface area contributed by atoms with Crippen molar-refractivity contribution in [1.82, 2.24) is 19.7 Å². The topological polar surface area (TPSA) is 43.6 Å². The third-order valence-corrected chi connectivity index (χ3v) is 5.73. The van der Waals surface area contributed by atoms with Gasteiger partial charge in [0.1, 0.15) is 11.3 Å². The quantitative estimate of drug-likeness (QED) is 0.368. The van der Waals surface area contributed by atoms with E-state index >= 15 is 0 Å². The van der Waals surface area contributed by atoms with Gasteiger partial charge in [0, 0.05) is 17.7 Å². The summed E-state index contributed by atoms with van der Waals surface area (Å²) in [4.78, 5) is 4.82. The van der Waals surface area contributed by atoms with Crippen LogP contribution in [0.25, 0.3) is 22.1 Å². The molecule has 0 unspecified atom stereocenters. The summed E-state index contributed by atoms with van der Waals surface area (Å²) >= 11 is 1.50. The fourth-order valence-electron chi connectivity index (χ4n) is 3.40. The van der Waals surface area contributed by atoms with E-state index in [1.807, 2.05) is 30.3 Å². The van der Waals surface area contributed by atoms with E-state index in [4.69, 9.17) is 4.98 Å². The van der Waals surface area contributed by atoms with E-state index in [2.05, 4.69) is 39.0 Å². The zero-order chi connectivity index (χ0) is 19.6. The van der Waals surface area contributed by atoms with Crippen LogP contribution in [-0.4, -0.2) is 19.7 Å². The van der Waals surface area contributed by atoms with E-state index in [0.717, 1.165) is 27.6 Å². The lowest BCUT2D eigenvalue weighted by molar-refractivity contribution is 0.627. The Balaban J connectivity index is 1.54. The molecule has 0 saturated carbocycles. The van der Waals surface area contributed by atoms with Crippen molar-refractivity contribution in [2.24, 2.45) is 0 Å². The van der Waals surface area contributed by atoms with Gasteiger partial charge in [0.15, 0.2) is 5.65 Å². The predicted octanol–water partition coefficient (Wildman–Crippen LogP) is 5.46. The Kier molecular flexibility index (Phi) is 4.69. The highest BCUT2D eigenvalue weighted by Gasteiger charge is 2.15. The third-order valence-electron chi connectivity index (χ3n) is 4.82. The maximum Gasteiger partial charge on any atom is 0.211 e. The van der Waals surface area contributed by atoms with Crippen molar-refractivity contribution in [3.8, 4) is 0 Å². The van der Waals surface area contributed by atoms with Gasteiger partial charge in [0.25, 0.3) is 0 Å². The molecule has 0 N–H and O–H groups in total. The molecule has 0 saturated heterocycles. The molecule has 5 rings (SSSR count). The van der Waals surface area contributed by atoms with Crippen molar-refractivity contribution in [3.05, 3.63) is 95.8 Å². The van der Waals surface area contributed by atoms with Crippen LogP contribution >= 0.6 is 11.8 Å². The number of rotatable bonds is 5. The molecule has 29 heavy (non-hydrogen) atoms. The summed E-state index contributed by atoms with van der Waals surface area (Å²) in [6.07, 6.45) is 0. The standard InChI is InChI=1S/C23H17FN4S/c24-18-12-10-17(11-13-18)15-29-23-25-22-21(26-27-23)19-8-4-5-9-20(19)28(22)14-16-6-2-1-3-7-16/h1-13H,14-15H2. The van der Waals surface area contributed by atoms with Gasteiger partial charge in [-0.25, -0.2) is 9.37 Å². The maximum atomic E-state index is 13.1. The van der Waals surface area contributed by atoms with Gasteiger partial charge in [-0.05, 0) is 29.3 Å². The molecule has 142 valence electrons. The zero-order valence-corrected chi connectivity index (χ0v) is 16.3. The number of thioether (sulfide) groups is 1. The van der Waals surface area contributed by atoms with Gasteiger partial charge < -0.3 is 4.57 Å². The number of para-hydroxylation sites is 1. The Hall–Kier alpha value is -3.25. The lowest BCUT2D eigenvalue weighted by Crippen LogP contribution is -2.02. The van der Waals surface area contributed by atoms with Crippen molar-refractivity contribution in [3.63, 3.8) is 0 Å². The molecule has 0 radical (unpaired) electrons. The van der Waals surface area contributed by atoms with Gasteiger partial charge >= 0.3 is 0 Å². The highest BCUT2D eigenvalue weighted by atomic mass is 32.2. The number of aromatic nitrogens is 4. The molecule has 5 aromatic rings. The van der Waals surface area contributed by atoms with E-state index in [0.29, 0.717) is 17.5 Å². The Morgan fingerprint density at radius 3 is 2.38 bits per heavy atom. The molecule has 3 aromatic carbocycles. The molecule has 0 amide bonds. The van der Waals surface area contributed by atoms with Gasteiger partial charge in [-0.2, -0.15) is 0 Å². The number of fused-ring (bicyclic) bond motifs is 3. The van der Waals surface area contributed by atoms with Crippen molar-refractivity contribution in [2.75, 3.05) is 0 Å². The first-order valence-corrected chi connectivity index (χ1v) is 10.3. The summed E-state index contributed by atoms with van der Waals surface area (Å²) in [5.41, 5.74) is 4.95. The number of nitrogens with zero attached hydrogens (tertiary/aromatic N) is 4. The molecule has 6 heteroatoms. The van der Waals surface area contributed by atoms with Crippen LogP contribution < -0.4 is 0 Å². The van der Waals surface area contributed by atoms with Crippen LogP contribution in [0.15, 0.2) is 84.0 Å². The summed E-state index contributed by atoms with van der Waals surface area (Å²) in [7, 11) is 0. The summed E-state index contributed by atoms with van der Waals surface area (Å²) in [5.74, 6) is 0.426. The van der Waals surface area contributed by atoms with Crippen LogP contribution in [0, 0.1) is 5.82 Å². The Morgan fingerprint density at radius 2 is 1.55 bits per heavy atom. The molecule has 2 heterocycles. The Labute approximate surface area is 171 Å². The van der Waals surface area contributed by atoms with Crippen LogP contribution in [0.1, 0.15) is 11.1 Å². The van der Waals surface area contributed by atoms with Crippen LogP contribution in [0.4, 0.5) is 4.39 Å². The van der Waals surface area contributed by atoms with E-state index in [-0.39, 0.29) is 5.82 Å². The molecule has 0 bridgehead atoms.